The number of benzene rings is 2. The Hall–Kier alpha value is -3.95. The fraction of sp³-hybridized carbons (Fsp3) is 0.419. The number of imidazole rings is 1. The van der Waals surface area contributed by atoms with Crippen LogP contribution >= 0.6 is 12.2 Å². The lowest BCUT2D eigenvalue weighted by molar-refractivity contribution is -0.138. The Labute approximate surface area is 255 Å². The van der Waals surface area contributed by atoms with Gasteiger partial charge in [0.15, 0.2) is 5.11 Å². The van der Waals surface area contributed by atoms with Gasteiger partial charge < -0.3 is 24.8 Å². The van der Waals surface area contributed by atoms with E-state index in [1.165, 1.54) is 12.1 Å². The lowest BCUT2D eigenvalue weighted by Crippen LogP contribution is -2.49. The van der Waals surface area contributed by atoms with Crippen LogP contribution in [0.1, 0.15) is 48.2 Å². The normalized spacial score (nSPS) is 12.0. The molecule has 230 valence electrons. The third-order valence-corrected chi connectivity index (χ3v) is 7.09. The number of aromatic nitrogens is 2. The summed E-state index contributed by atoms with van der Waals surface area (Å²) >= 11 is 5.59. The van der Waals surface area contributed by atoms with Crippen LogP contribution in [0.15, 0.2) is 61.1 Å². The standard InChI is InChI=1S/C31H37F3N6O2S/c1-22(2)14-26(38-29(41)15-27-17-36-21-40(27)18-24-10-8-23(16-35)9-11-24)20-39(30(43)37-12-13-42-3)19-25-6-4-5-7-28(25)31(32,33)34/h4-11,17,21-22,26H,12-15,18-20H2,1-3H3,(H,37,43)(H,38,41)/t26-/m0/s1. The van der Waals surface area contributed by atoms with Gasteiger partial charge in [0, 0.05) is 51.2 Å². The Morgan fingerprint density at radius 3 is 2.56 bits per heavy atom. The smallest absolute Gasteiger partial charge is 0.383 e. The minimum atomic E-state index is -4.51. The second kappa shape index (κ2) is 16.0. The number of nitrogens with one attached hydrogen (secondary N) is 2. The van der Waals surface area contributed by atoms with Gasteiger partial charge in [-0.15, -0.1) is 0 Å². The van der Waals surface area contributed by atoms with E-state index in [2.05, 4.69) is 21.7 Å². The highest BCUT2D eigenvalue weighted by Gasteiger charge is 2.33. The van der Waals surface area contributed by atoms with E-state index in [4.69, 9.17) is 22.2 Å². The van der Waals surface area contributed by atoms with Crippen LogP contribution in [0.4, 0.5) is 13.2 Å². The first kappa shape index (κ1) is 33.6. The number of methoxy groups -OCH3 is 1. The predicted octanol–water partition coefficient (Wildman–Crippen LogP) is 4.92. The van der Waals surface area contributed by atoms with Crippen LogP contribution in [0.2, 0.25) is 0 Å². The number of halogens is 3. The molecule has 0 fully saturated rings. The summed E-state index contributed by atoms with van der Waals surface area (Å²) in [5.74, 6) is -0.0346. The molecule has 0 bridgehead atoms. The molecule has 1 heterocycles. The molecule has 3 aromatic rings. The number of thiocarbonyl (C=S) groups is 1. The van der Waals surface area contributed by atoms with Crippen molar-refractivity contribution in [2.24, 2.45) is 5.92 Å². The molecule has 1 aromatic heterocycles. The molecule has 1 amide bonds. The molecule has 0 aliphatic rings. The summed E-state index contributed by atoms with van der Waals surface area (Å²) in [6.07, 6.45) is -0.571. The van der Waals surface area contributed by atoms with Crippen molar-refractivity contribution in [1.29, 1.82) is 5.26 Å². The van der Waals surface area contributed by atoms with Gasteiger partial charge in [-0.3, -0.25) is 4.79 Å². The minimum Gasteiger partial charge on any atom is -0.383 e. The van der Waals surface area contributed by atoms with Crippen LogP contribution < -0.4 is 10.6 Å². The van der Waals surface area contributed by atoms with Gasteiger partial charge in [0.2, 0.25) is 5.91 Å². The van der Waals surface area contributed by atoms with Gasteiger partial charge in [-0.05, 0) is 53.9 Å². The van der Waals surface area contributed by atoms with Crippen molar-refractivity contribution in [1.82, 2.24) is 25.1 Å². The van der Waals surface area contributed by atoms with E-state index in [0.29, 0.717) is 37.4 Å². The summed E-state index contributed by atoms with van der Waals surface area (Å²) in [4.78, 5) is 19.2. The number of nitrogens with zero attached hydrogens (tertiary/aromatic N) is 4. The van der Waals surface area contributed by atoms with Gasteiger partial charge in [-0.1, -0.05) is 44.2 Å². The number of carbonyl (C=O) groups is 1. The molecule has 8 nitrogen and oxygen atoms in total. The highest BCUT2D eigenvalue weighted by molar-refractivity contribution is 7.80. The van der Waals surface area contributed by atoms with E-state index in [1.807, 2.05) is 30.5 Å². The molecule has 12 heteroatoms. The zero-order valence-electron chi connectivity index (χ0n) is 24.5. The molecule has 0 aliphatic carbocycles. The topological polar surface area (TPSA) is 95.2 Å². The summed E-state index contributed by atoms with van der Waals surface area (Å²) in [6.45, 7) is 5.40. The zero-order valence-corrected chi connectivity index (χ0v) is 25.3. The Balaban J connectivity index is 1.76. The number of rotatable bonds is 14. The first-order valence-corrected chi connectivity index (χ1v) is 14.3. The third kappa shape index (κ3) is 10.7. The van der Waals surface area contributed by atoms with Gasteiger partial charge in [-0.2, -0.15) is 18.4 Å². The maximum Gasteiger partial charge on any atom is 0.416 e. The molecule has 2 aromatic carbocycles. The molecule has 0 saturated heterocycles. The fourth-order valence-electron chi connectivity index (χ4n) is 4.71. The largest absolute Gasteiger partial charge is 0.416 e. The van der Waals surface area contributed by atoms with Crippen molar-refractivity contribution < 1.29 is 22.7 Å². The zero-order chi connectivity index (χ0) is 31.4. The number of hydrogen-bond acceptors (Lipinski definition) is 5. The highest BCUT2D eigenvalue weighted by Crippen LogP contribution is 2.32. The monoisotopic (exact) mass is 614 g/mol. The van der Waals surface area contributed by atoms with Crippen molar-refractivity contribution >= 4 is 23.2 Å². The first-order chi connectivity index (χ1) is 20.5. The van der Waals surface area contributed by atoms with E-state index in [1.54, 1.807) is 42.7 Å². The average molecular weight is 615 g/mol. The Morgan fingerprint density at radius 2 is 1.91 bits per heavy atom. The quantitative estimate of drug-likeness (QED) is 0.197. The van der Waals surface area contributed by atoms with Gasteiger partial charge >= 0.3 is 6.18 Å². The average Bonchev–Trinajstić information content (AvgIpc) is 3.38. The van der Waals surface area contributed by atoms with Gasteiger partial charge in [-0.25, -0.2) is 4.98 Å². The molecule has 0 unspecified atom stereocenters. The van der Waals surface area contributed by atoms with E-state index in [0.717, 1.165) is 11.6 Å². The fourth-order valence-corrected chi connectivity index (χ4v) is 4.95. The molecule has 3 rings (SSSR count). The third-order valence-electron chi connectivity index (χ3n) is 6.69. The maximum atomic E-state index is 13.8. The van der Waals surface area contributed by atoms with Crippen molar-refractivity contribution in [3.63, 3.8) is 0 Å². The summed E-state index contributed by atoms with van der Waals surface area (Å²) in [5, 5.41) is 15.4. The SMILES string of the molecule is COCCNC(=S)N(Cc1ccccc1C(F)(F)F)C[C@H](CC(C)C)NC(=O)Cc1cncn1Cc1ccc(C#N)cc1. The Kier molecular flexibility index (Phi) is 12.5. The minimum absolute atomic E-state index is 0.0678. The number of alkyl halides is 3. The summed E-state index contributed by atoms with van der Waals surface area (Å²) in [7, 11) is 1.55. The summed E-state index contributed by atoms with van der Waals surface area (Å²) in [6, 6.07) is 14.3. The van der Waals surface area contributed by atoms with Gasteiger partial charge in [0.1, 0.15) is 0 Å². The molecular formula is C31H37F3N6O2S. The van der Waals surface area contributed by atoms with E-state index in [9.17, 15) is 18.0 Å². The van der Waals surface area contributed by atoms with Crippen LogP contribution in [0.25, 0.3) is 0 Å². The lowest BCUT2D eigenvalue weighted by atomic mass is 10.0. The van der Waals surface area contributed by atoms with Crippen molar-refractivity contribution in [3.05, 3.63) is 89.0 Å². The van der Waals surface area contributed by atoms with Crippen molar-refractivity contribution in [2.45, 2.75) is 52.0 Å². The summed E-state index contributed by atoms with van der Waals surface area (Å²) < 4.78 is 48.3. The number of hydrogen-bond donors (Lipinski definition) is 2. The molecule has 0 saturated carbocycles. The number of ether oxygens (including phenoxy) is 1. The molecular weight excluding hydrogens is 577 g/mol. The van der Waals surface area contributed by atoms with E-state index >= 15 is 0 Å². The van der Waals surface area contributed by atoms with Crippen LogP contribution in [-0.4, -0.2) is 58.3 Å². The van der Waals surface area contributed by atoms with Gasteiger partial charge in [0.05, 0.1) is 36.6 Å². The van der Waals surface area contributed by atoms with Crippen LogP contribution in [0.5, 0.6) is 0 Å². The van der Waals surface area contributed by atoms with Crippen molar-refractivity contribution in [2.75, 3.05) is 26.8 Å². The maximum absolute atomic E-state index is 13.8. The molecule has 43 heavy (non-hydrogen) atoms. The summed E-state index contributed by atoms with van der Waals surface area (Å²) in [5.41, 5.74) is 1.60. The Morgan fingerprint density at radius 1 is 1.19 bits per heavy atom. The first-order valence-electron chi connectivity index (χ1n) is 13.9. The highest BCUT2D eigenvalue weighted by atomic mass is 32.1. The predicted molar refractivity (Wildman–Crippen MR) is 162 cm³/mol. The second-order valence-corrected chi connectivity index (χ2v) is 11.0. The second-order valence-electron chi connectivity index (χ2n) is 10.7. The Bertz CT molecular complexity index is 1390. The van der Waals surface area contributed by atoms with Crippen LogP contribution in [0, 0.1) is 17.2 Å². The van der Waals surface area contributed by atoms with Crippen LogP contribution in [-0.2, 0) is 35.2 Å². The van der Waals surface area contributed by atoms with E-state index < -0.39 is 11.7 Å². The number of carbonyl (C=O) groups excluding carboxylic acids is 1. The molecule has 0 radical (unpaired) electrons. The van der Waals surface area contributed by atoms with Gasteiger partial charge in [0.25, 0.3) is 0 Å². The molecule has 0 aliphatic heterocycles. The number of nitriles is 1. The number of amides is 1. The van der Waals surface area contributed by atoms with Crippen molar-refractivity contribution in [3.8, 4) is 6.07 Å². The lowest BCUT2D eigenvalue weighted by Gasteiger charge is -2.32. The molecule has 0 spiro atoms. The molecule has 1 atom stereocenters. The van der Waals surface area contributed by atoms with E-state index in [-0.39, 0.29) is 48.1 Å². The molecule has 2 N–H and O–H groups in total. The van der Waals surface area contributed by atoms with Crippen LogP contribution in [0.3, 0.4) is 0 Å².